The van der Waals surface area contributed by atoms with Crippen LogP contribution in [0.3, 0.4) is 0 Å². The van der Waals surface area contributed by atoms with Gasteiger partial charge in [0.15, 0.2) is 11.5 Å². The largest absolute Gasteiger partial charge is 0.491 e. The average molecular weight is 470 g/mol. The molecule has 182 valence electrons. The summed E-state index contributed by atoms with van der Waals surface area (Å²) in [5.74, 6) is 1.31. The molecule has 0 fully saturated rings. The standard InChI is InChI=1S/C25H31N3O6/c1-15-11-26-16(2)13-32-21-10-18(6-7-19(21)25(30)28(3)12-23(15)31-4)27-24(29)17-5-8-20-22(9-17)34-14-33-20/h5-10,15-16,23,26H,11-14H2,1-4H3,(H,27,29)/t15-,16-,23+/m0/s1. The topological polar surface area (TPSA) is 98.4 Å². The van der Waals surface area contributed by atoms with Gasteiger partial charge in [-0.05, 0) is 43.2 Å². The highest BCUT2D eigenvalue weighted by molar-refractivity contribution is 6.05. The molecule has 0 aromatic heterocycles. The van der Waals surface area contributed by atoms with Crippen molar-refractivity contribution >= 4 is 17.5 Å². The lowest BCUT2D eigenvalue weighted by Crippen LogP contribution is -2.44. The van der Waals surface area contributed by atoms with Crippen molar-refractivity contribution < 1.29 is 28.5 Å². The van der Waals surface area contributed by atoms with Gasteiger partial charge in [0, 0.05) is 50.6 Å². The number of carbonyl (C=O) groups excluding carboxylic acids is 2. The number of carbonyl (C=O) groups is 2. The highest BCUT2D eigenvalue weighted by Gasteiger charge is 2.26. The van der Waals surface area contributed by atoms with Crippen LogP contribution in [0.2, 0.25) is 0 Å². The van der Waals surface area contributed by atoms with Crippen LogP contribution in [0, 0.1) is 5.92 Å². The van der Waals surface area contributed by atoms with Gasteiger partial charge in [0.25, 0.3) is 11.8 Å². The highest BCUT2D eigenvalue weighted by Crippen LogP contribution is 2.33. The Hall–Kier alpha value is -3.30. The van der Waals surface area contributed by atoms with E-state index in [0.717, 1.165) is 6.54 Å². The number of methoxy groups -OCH3 is 1. The van der Waals surface area contributed by atoms with Gasteiger partial charge in [-0.25, -0.2) is 0 Å². The van der Waals surface area contributed by atoms with Crippen molar-refractivity contribution in [1.82, 2.24) is 10.2 Å². The van der Waals surface area contributed by atoms with Crippen LogP contribution in [0.5, 0.6) is 17.2 Å². The number of nitrogens with zero attached hydrogens (tertiary/aromatic N) is 1. The van der Waals surface area contributed by atoms with Crippen LogP contribution >= 0.6 is 0 Å². The van der Waals surface area contributed by atoms with E-state index in [1.165, 1.54) is 0 Å². The lowest BCUT2D eigenvalue weighted by molar-refractivity contribution is 0.0281. The summed E-state index contributed by atoms with van der Waals surface area (Å²) >= 11 is 0. The molecular weight excluding hydrogens is 438 g/mol. The van der Waals surface area contributed by atoms with Gasteiger partial charge < -0.3 is 34.5 Å². The van der Waals surface area contributed by atoms with E-state index in [9.17, 15) is 9.59 Å². The monoisotopic (exact) mass is 469 g/mol. The molecule has 0 unspecified atom stereocenters. The van der Waals surface area contributed by atoms with E-state index >= 15 is 0 Å². The maximum Gasteiger partial charge on any atom is 0.257 e. The molecule has 0 bridgehead atoms. The Bertz CT molecular complexity index is 1060. The molecule has 2 aliphatic heterocycles. The summed E-state index contributed by atoms with van der Waals surface area (Å²) < 4.78 is 22.3. The van der Waals surface area contributed by atoms with Crippen LogP contribution in [-0.2, 0) is 4.74 Å². The summed E-state index contributed by atoms with van der Waals surface area (Å²) in [5.41, 5.74) is 1.39. The predicted octanol–water partition coefficient (Wildman–Crippen LogP) is 2.76. The third-order valence-electron chi connectivity index (χ3n) is 6.12. The second-order valence-electron chi connectivity index (χ2n) is 8.79. The molecule has 2 aromatic rings. The first-order valence-corrected chi connectivity index (χ1v) is 11.3. The first kappa shape index (κ1) is 23.8. The van der Waals surface area contributed by atoms with E-state index in [2.05, 4.69) is 17.6 Å². The van der Waals surface area contributed by atoms with Gasteiger partial charge in [-0.3, -0.25) is 9.59 Å². The number of fused-ring (bicyclic) bond motifs is 2. The van der Waals surface area contributed by atoms with Crippen molar-refractivity contribution in [3.8, 4) is 17.2 Å². The van der Waals surface area contributed by atoms with E-state index in [1.54, 1.807) is 55.5 Å². The first-order chi connectivity index (χ1) is 16.4. The minimum absolute atomic E-state index is 0.0620. The number of likely N-dealkylation sites (N-methyl/N-ethyl adjacent to an activating group) is 1. The summed E-state index contributed by atoms with van der Waals surface area (Å²) in [4.78, 5) is 27.7. The third-order valence-corrected chi connectivity index (χ3v) is 6.12. The molecule has 4 rings (SSSR count). The Balaban J connectivity index is 1.57. The smallest absolute Gasteiger partial charge is 0.257 e. The maximum absolute atomic E-state index is 13.2. The summed E-state index contributed by atoms with van der Waals surface area (Å²) in [5, 5.41) is 6.33. The Morgan fingerprint density at radius 3 is 2.68 bits per heavy atom. The molecule has 0 saturated carbocycles. The lowest BCUT2D eigenvalue weighted by Gasteiger charge is -2.30. The van der Waals surface area contributed by atoms with Crippen molar-refractivity contribution in [1.29, 1.82) is 0 Å². The average Bonchev–Trinajstić information content (AvgIpc) is 3.31. The molecule has 9 heteroatoms. The summed E-state index contributed by atoms with van der Waals surface area (Å²) in [6.07, 6.45) is -0.0993. The number of nitrogens with one attached hydrogen (secondary N) is 2. The molecule has 2 N–H and O–H groups in total. The van der Waals surface area contributed by atoms with Gasteiger partial charge >= 0.3 is 0 Å². The van der Waals surface area contributed by atoms with Crippen LogP contribution < -0.4 is 24.8 Å². The van der Waals surface area contributed by atoms with Gasteiger partial charge in [0.05, 0.1) is 11.7 Å². The Kier molecular flexibility index (Phi) is 7.23. The number of hydrogen-bond acceptors (Lipinski definition) is 7. The van der Waals surface area contributed by atoms with Crippen molar-refractivity contribution in [2.24, 2.45) is 5.92 Å². The predicted molar refractivity (Wildman–Crippen MR) is 127 cm³/mol. The Morgan fingerprint density at radius 1 is 1.09 bits per heavy atom. The molecule has 0 saturated heterocycles. The molecule has 2 aromatic carbocycles. The zero-order valence-electron chi connectivity index (χ0n) is 19.9. The van der Waals surface area contributed by atoms with E-state index in [-0.39, 0.29) is 36.7 Å². The number of hydrogen-bond donors (Lipinski definition) is 2. The highest BCUT2D eigenvalue weighted by atomic mass is 16.7. The molecule has 3 atom stereocenters. The van der Waals surface area contributed by atoms with Crippen LogP contribution in [-0.4, -0.2) is 69.5 Å². The molecule has 2 amide bonds. The first-order valence-electron chi connectivity index (χ1n) is 11.3. The van der Waals surface area contributed by atoms with Crippen molar-refractivity contribution in [2.75, 3.05) is 46.0 Å². The maximum atomic E-state index is 13.2. The SMILES string of the molecule is CO[C@@H]1CN(C)C(=O)c2ccc(NC(=O)c3ccc4c(c3)OCO4)cc2OC[C@H](C)NC[C@@H]1C. The van der Waals surface area contributed by atoms with Crippen LogP contribution in [0.4, 0.5) is 5.69 Å². The van der Waals surface area contributed by atoms with Crippen LogP contribution in [0.15, 0.2) is 36.4 Å². The third kappa shape index (κ3) is 5.26. The number of benzene rings is 2. The normalized spacial score (nSPS) is 22.8. The molecule has 2 heterocycles. The second-order valence-corrected chi connectivity index (χ2v) is 8.79. The van der Waals surface area contributed by atoms with Gasteiger partial charge in [-0.15, -0.1) is 0 Å². The van der Waals surface area contributed by atoms with Crippen molar-refractivity contribution in [3.63, 3.8) is 0 Å². The fourth-order valence-corrected chi connectivity index (χ4v) is 3.97. The fourth-order valence-electron chi connectivity index (χ4n) is 3.97. The van der Waals surface area contributed by atoms with Crippen LogP contribution in [0.1, 0.15) is 34.6 Å². The van der Waals surface area contributed by atoms with Gasteiger partial charge in [-0.1, -0.05) is 6.92 Å². The van der Waals surface area contributed by atoms with Crippen molar-refractivity contribution in [3.05, 3.63) is 47.5 Å². The van der Waals surface area contributed by atoms with E-state index in [4.69, 9.17) is 18.9 Å². The van der Waals surface area contributed by atoms with Gasteiger partial charge in [-0.2, -0.15) is 0 Å². The number of anilines is 1. The number of amides is 2. The zero-order valence-corrected chi connectivity index (χ0v) is 19.9. The van der Waals surface area contributed by atoms with Gasteiger partial charge in [0.2, 0.25) is 6.79 Å². The summed E-state index contributed by atoms with van der Waals surface area (Å²) in [6, 6.07) is 10.1. The van der Waals surface area contributed by atoms with Gasteiger partial charge in [0.1, 0.15) is 12.4 Å². The molecule has 2 aliphatic rings. The van der Waals surface area contributed by atoms with E-state index in [1.807, 2.05) is 6.92 Å². The number of ether oxygens (including phenoxy) is 4. The molecule has 9 nitrogen and oxygen atoms in total. The van der Waals surface area contributed by atoms with Crippen molar-refractivity contribution in [2.45, 2.75) is 26.0 Å². The number of rotatable bonds is 3. The van der Waals surface area contributed by atoms with Crippen LogP contribution in [0.25, 0.3) is 0 Å². The summed E-state index contributed by atoms with van der Waals surface area (Å²) in [7, 11) is 3.42. The minimum Gasteiger partial charge on any atom is -0.491 e. The summed E-state index contributed by atoms with van der Waals surface area (Å²) in [6.45, 7) is 5.83. The quantitative estimate of drug-likeness (QED) is 0.713. The Morgan fingerprint density at radius 2 is 1.88 bits per heavy atom. The lowest BCUT2D eigenvalue weighted by atomic mass is 10.0. The molecule has 0 radical (unpaired) electrons. The zero-order chi connectivity index (χ0) is 24.2. The molecular formula is C25H31N3O6. The van der Waals surface area contributed by atoms with E-state index in [0.29, 0.717) is 47.2 Å². The minimum atomic E-state index is -0.304. The molecule has 34 heavy (non-hydrogen) atoms. The molecule has 0 spiro atoms. The Labute approximate surface area is 199 Å². The second kappa shape index (κ2) is 10.3. The molecule has 0 aliphatic carbocycles. The van der Waals surface area contributed by atoms with E-state index < -0.39 is 0 Å². The fraction of sp³-hybridized carbons (Fsp3) is 0.440.